The smallest absolute Gasteiger partial charge is 0.115 e. The second kappa shape index (κ2) is 5.41. The van der Waals surface area contributed by atoms with Crippen molar-refractivity contribution >= 4 is 11.5 Å². The molecule has 16 heavy (non-hydrogen) atoms. The Bertz CT molecular complexity index is 375. The van der Waals surface area contributed by atoms with Crippen molar-refractivity contribution in [2.45, 2.75) is 32.7 Å². The van der Waals surface area contributed by atoms with Crippen LogP contribution in [-0.2, 0) is 11.2 Å². The Morgan fingerprint density at radius 2 is 2.44 bits per heavy atom. The molecule has 88 valence electrons. The van der Waals surface area contributed by atoms with E-state index < -0.39 is 0 Å². The van der Waals surface area contributed by atoms with Gasteiger partial charge in [-0.2, -0.15) is 0 Å². The first-order chi connectivity index (χ1) is 7.86. The molecule has 1 atom stereocenters. The van der Waals surface area contributed by atoms with E-state index in [2.05, 4.69) is 34.8 Å². The molecule has 0 fully saturated rings. The predicted molar refractivity (Wildman–Crippen MR) is 64.4 cm³/mol. The van der Waals surface area contributed by atoms with Gasteiger partial charge < -0.3 is 10.1 Å². The van der Waals surface area contributed by atoms with Crippen molar-refractivity contribution in [3.63, 3.8) is 0 Å². The van der Waals surface area contributed by atoms with E-state index in [1.807, 2.05) is 0 Å². The molecule has 0 aliphatic carbocycles. The third kappa shape index (κ3) is 2.25. The van der Waals surface area contributed by atoms with Crippen molar-refractivity contribution in [3.8, 4) is 0 Å². The van der Waals surface area contributed by atoms with Crippen LogP contribution in [-0.4, -0.2) is 22.7 Å². The van der Waals surface area contributed by atoms with E-state index in [0.717, 1.165) is 37.4 Å². The molecule has 0 spiro atoms. The number of rotatable bonds is 5. The quantitative estimate of drug-likeness (QED) is 0.854. The molecule has 1 aliphatic rings. The minimum Gasteiger partial charge on any atom is -0.496 e. The minimum absolute atomic E-state index is 0.141. The number of aryl methyl sites for hydroxylation is 1. The summed E-state index contributed by atoms with van der Waals surface area (Å²) < 4.78 is 9.68. The van der Waals surface area contributed by atoms with Gasteiger partial charge >= 0.3 is 0 Å². The lowest BCUT2D eigenvalue weighted by Gasteiger charge is -2.17. The number of aromatic nitrogens is 2. The second-order valence-electron chi connectivity index (χ2n) is 3.67. The standard InChI is InChI=1S/C11H17N3OS/c1-3-8-11(16-14-13-8)10(12-4-2)9-6-5-7-15-9/h6,10,12H,3-5,7H2,1-2H3. The van der Waals surface area contributed by atoms with E-state index in [-0.39, 0.29) is 6.04 Å². The molecule has 0 aromatic carbocycles. The highest BCUT2D eigenvalue weighted by Crippen LogP contribution is 2.30. The lowest BCUT2D eigenvalue weighted by molar-refractivity contribution is 0.216. The van der Waals surface area contributed by atoms with Crippen molar-refractivity contribution in [1.29, 1.82) is 0 Å². The summed E-state index contributed by atoms with van der Waals surface area (Å²) in [6.45, 7) is 5.91. The van der Waals surface area contributed by atoms with Gasteiger partial charge in [0, 0.05) is 6.42 Å². The first-order valence-corrected chi connectivity index (χ1v) is 6.51. The molecule has 1 unspecified atom stereocenters. The zero-order valence-corrected chi connectivity index (χ0v) is 10.5. The van der Waals surface area contributed by atoms with Crippen molar-refractivity contribution in [3.05, 3.63) is 22.4 Å². The number of ether oxygens (including phenoxy) is 1. The molecule has 4 nitrogen and oxygen atoms in total. The molecule has 5 heteroatoms. The molecule has 1 aliphatic heterocycles. The Labute approximate surface area is 99.9 Å². The largest absolute Gasteiger partial charge is 0.496 e. The van der Waals surface area contributed by atoms with Crippen LogP contribution in [0.4, 0.5) is 0 Å². The SMILES string of the molecule is CCNC(C1=CCCO1)c1snnc1CC. The van der Waals surface area contributed by atoms with Gasteiger partial charge in [0.2, 0.25) is 0 Å². The number of nitrogens with zero attached hydrogens (tertiary/aromatic N) is 2. The van der Waals surface area contributed by atoms with Gasteiger partial charge in [-0.05, 0) is 30.6 Å². The second-order valence-corrected chi connectivity index (χ2v) is 4.46. The number of nitrogens with one attached hydrogen (secondary N) is 1. The molecule has 1 N–H and O–H groups in total. The monoisotopic (exact) mass is 239 g/mol. The Morgan fingerprint density at radius 1 is 1.56 bits per heavy atom. The zero-order chi connectivity index (χ0) is 11.4. The molecule has 0 amide bonds. The highest BCUT2D eigenvalue weighted by Gasteiger charge is 2.24. The molecule has 0 saturated carbocycles. The van der Waals surface area contributed by atoms with Gasteiger partial charge in [-0.25, -0.2) is 0 Å². The predicted octanol–water partition coefficient (Wildman–Crippen LogP) is 2.06. The normalized spacial score (nSPS) is 17.0. The molecule has 0 saturated heterocycles. The van der Waals surface area contributed by atoms with Crippen LogP contribution < -0.4 is 5.32 Å². The fourth-order valence-electron chi connectivity index (χ4n) is 1.84. The summed E-state index contributed by atoms with van der Waals surface area (Å²) in [6, 6.07) is 0.141. The highest BCUT2D eigenvalue weighted by molar-refractivity contribution is 7.05. The van der Waals surface area contributed by atoms with Gasteiger partial charge in [-0.3, -0.25) is 0 Å². The Morgan fingerprint density at radius 3 is 3.06 bits per heavy atom. The molecule has 1 aromatic rings. The topological polar surface area (TPSA) is 47.0 Å². The fourth-order valence-corrected chi connectivity index (χ4v) is 2.67. The van der Waals surface area contributed by atoms with Crippen LogP contribution >= 0.6 is 11.5 Å². The average Bonchev–Trinajstić information content (AvgIpc) is 2.96. The number of hydrogen-bond acceptors (Lipinski definition) is 5. The maximum absolute atomic E-state index is 5.64. The van der Waals surface area contributed by atoms with Crippen LogP contribution in [0.1, 0.15) is 36.9 Å². The summed E-state index contributed by atoms with van der Waals surface area (Å²) >= 11 is 1.46. The number of likely N-dealkylation sites (N-methyl/N-ethyl adjacent to an activating group) is 1. The molecule has 2 rings (SSSR count). The van der Waals surface area contributed by atoms with Crippen molar-refractivity contribution in [2.24, 2.45) is 0 Å². The van der Waals surface area contributed by atoms with Gasteiger partial charge in [0.1, 0.15) is 11.8 Å². The summed E-state index contributed by atoms with van der Waals surface area (Å²) in [5, 5.41) is 7.59. The first kappa shape index (κ1) is 11.5. The van der Waals surface area contributed by atoms with Gasteiger partial charge in [0.25, 0.3) is 0 Å². The maximum atomic E-state index is 5.64. The average molecular weight is 239 g/mol. The lowest BCUT2D eigenvalue weighted by Crippen LogP contribution is -2.23. The third-order valence-corrected chi connectivity index (χ3v) is 3.44. The van der Waals surface area contributed by atoms with Crippen LogP contribution in [0.25, 0.3) is 0 Å². The Hall–Kier alpha value is -0.940. The maximum Gasteiger partial charge on any atom is 0.115 e. The van der Waals surface area contributed by atoms with Gasteiger partial charge in [0.15, 0.2) is 0 Å². The van der Waals surface area contributed by atoms with Crippen molar-refractivity contribution in [2.75, 3.05) is 13.2 Å². The fraction of sp³-hybridized carbons (Fsp3) is 0.636. The molecular formula is C11H17N3OS. The van der Waals surface area contributed by atoms with Crippen LogP contribution in [0.2, 0.25) is 0 Å². The molecule has 0 radical (unpaired) electrons. The van der Waals surface area contributed by atoms with E-state index in [1.54, 1.807) is 0 Å². The lowest BCUT2D eigenvalue weighted by atomic mass is 10.1. The molecule has 1 aromatic heterocycles. The van der Waals surface area contributed by atoms with Crippen molar-refractivity contribution < 1.29 is 4.74 Å². The summed E-state index contributed by atoms with van der Waals surface area (Å²) in [7, 11) is 0. The van der Waals surface area contributed by atoms with Crippen LogP contribution in [0.3, 0.4) is 0 Å². The molecule has 0 bridgehead atoms. The van der Waals surface area contributed by atoms with Gasteiger partial charge in [0.05, 0.1) is 17.2 Å². The first-order valence-electron chi connectivity index (χ1n) is 5.74. The Kier molecular flexibility index (Phi) is 3.90. The summed E-state index contributed by atoms with van der Waals surface area (Å²) in [5.74, 6) is 1.03. The van der Waals surface area contributed by atoms with E-state index in [0.29, 0.717) is 0 Å². The Balaban J connectivity index is 2.24. The van der Waals surface area contributed by atoms with Crippen LogP contribution in [0.15, 0.2) is 11.8 Å². The van der Waals surface area contributed by atoms with Gasteiger partial charge in [-0.15, -0.1) is 5.10 Å². The van der Waals surface area contributed by atoms with E-state index >= 15 is 0 Å². The van der Waals surface area contributed by atoms with Gasteiger partial charge in [-0.1, -0.05) is 18.3 Å². The van der Waals surface area contributed by atoms with Crippen LogP contribution in [0.5, 0.6) is 0 Å². The summed E-state index contributed by atoms with van der Waals surface area (Å²) in [4.78, 5) is 1.19. The van der Waals surface area contributed by atoms with Crippen molar-refractivity contribution in [1.82, 2.24) is 14.9 Å². The zero-order valence-electron chi connectivity index (χ0n) is 9.69. The summed E-state index contributed by atoms with van der Waals surface area (Å²) in [6.07, 6.45) is 4.08. The van der Waals surface area contributed by atoms with E-state index in [1.165, 1.54) is 16.4 Å². The minimum atomic E-state index is 0.141. The van der Waals surface area contributed by atoms with E-state index in [9.17, 15) is 0 Å². The molecule has 2 heterocycles. The molecular weight excluding hydrogens is 222 g/mol. The summed E-state index contributed by atoms with van der Waals surface area (Å²) in [5.41, 5.74) is 1.08. The third-order valence-electron chi connectivity index (χ3n) is 2.61. The highest BCUT2D eigenvalue weighted by atomic mass is 32.1. The number of hydrogen-bond donors (Lipinski definition) is 1. The van der Waals surface area contributed by atoms with Crippen LogP contribution in [0, 0.1) is 0 Å². The van der Waals surface area contributed by atoms with E-state index in [4.69, 9.17) is 4.74 Å².